The largest absolute Gasteiger partial charge is 0.379 e. The summed E-state index contributed by atoms with van der Waals surface area (Å²) in [6.45, 7) is 6.49. The van der Waals surface area contributed by atoms with Crippen molar-refractivity contribution in [1.29, 1.82) is 5.26 Å². The predicted octanol–water partition coefficient (Wildman–Crippen LogP) is 2.31. The average Bonchev–Trinajstić information content (AvgIpc) is 3.48. The number of hydrogen-bond acceptors (Lipinski definition) is 10. The number of ether oxygens (including phenoxy) is 1. The lowest BCUT2D eigenvalue weighted by molar-refractivity contribution is -0.119. The van der Waals surface area contributed by atoms with Gasteiger partial charge in [0.15, 0.2) is 0 Å². The monoisotopic (exact) mass is 513 g/mol. The Labute approximate surface area is 221 Å². The van der Waals surface area contributed by atoms with Crippen LogP contribution in [0.1, 0.15) is 42.8 Å². The molecule has 11 nitrogen and oxygen atoms in total. The van der Waals surface area contributed by atoms with Crippen molar-refractivity contribution in [3.63, 3.8) is 0 Å². The molecule has 3 aromatic rings. The zero-order valence-electron chi connectivity index (χ0n) is 21.4. The lowest BCUT2D eigenvalue weighted by Gasteiger charge is -2.26. The minimum atomic E-state index is -0.375. The van der Waals surface area contributed by atoms with Crippen LogP contribution >= 0.6 is 0 Å². The van der Waals surface area contributed by atoms with E-state index in [1.807, 2.05) is 12.1 Å². The van der Waals surface area contributed by atoms with Gasteiger partial charge < -0.3 is 20.7 Å². The molecule has 2 aliphatic heterocycles. The number of carbonyl (C=O) groups is 1. The van der Waals surface area contributed by atoms with Crippen LogP contribution in [-0.4, -0.2) is 69.6 Å². The summed E-state index contributed by atoms with van der Waals surface area (Å²) >= 11 is 0. The van der Waals surface area contributed by atoms with E-state index >= 15 is 0 Å². The SMILES string of the molecule is CC(=O)NC(c1ncc(-c2ccnc(Nc3ccc(CN4CCOCC4)nc3)n2)cc1C#N)C1CCCN1. The van der Waals surface area contributed by atoms with Gasteiger partial charge in [-0.1, -0.05) is 0 Å². The fourth-order valence-corrected chi connectivity index (χ4v) is 4.82. The number of anilines is 2. The van der Waals surface area contributed by atoms with Gasteiger partial charge in [0.1, 0.15) is 6.07 Å². The van der Waals surface area contributed by atoms with Gasteiger partial charge in [0, 0.05) is 50.6 Å². The third kappa shape index (κ3) is 6.28. The van der Waals surface area contributed by atoms with Gasteiger partial charge in [-0.25, -0.2) is 9.97 Å². The van der Waals surface area contributed by atoms with Crippen LogP contribution in [0.2, 0.25) is 0 Å². The normalized spacial score (nSPS) is 18.5. The van der Waals surface area contributed by atoms with E-state index in [1.165, 1.54) is 6.92 Å². The molecule has 2 fully saturated rings. The van der Waals surface area contributed by atoms with Crippen molar-refractivity contribution in [2.24, 2.45) is 0 Å². The molecule has 2 atom stereocenters. The third-order valence-electron chi connectivity index (χ3n) is 6.71. The Hall–Kier alpha value is -3.98. The van der Waals surface area contributed by atoms with Gasteiger partial charge >= 0.3 is 0 Å². The Morgan fingerprint density at radius 2 is 2.11 bits per heavy atom. The van der Waals surface area contributed by atoms with E-state index in [2.05, 4.69) is 46.9 Å². The van der Waals surface area contributed by atoms with Gasteiger partial charge in [0.2, 0.25) is 11.9 Å². The van der Waals surface area contributed by atoms with Crippen LogP contribution in [-0.2, 0) is 16.1 Å². The summed E-state index contributed by atoms with van der Waals surface area (Å²) < 4.78 is 5.40. The van der Waals surface area contributed by atoms with E-state index in [-0.39, 0.29) is 18.0 Å². The van der Waals surface area contributed by atoms with Crippen LogP contribution in [0.3, 0.4) is 0 Å². The Morgan fingerprint density at radius 3 is 2.82 bits per heavy atom. The number of pyridine rings is 2. The van der Waals surface area contributed by atoms with Gasteiger partial charge in [-0.15, -0.1) is 0 Å². The van der Waals surface area contributed by atoms with Crippen LogP contribution in [0.4, 0.5) is 11.6 Å². The molecule has 0 bridgehead atoms. The van der Waals surface area contributed by atoms with Crippen molar-refractivity contribution in [3.8, 4) is 17.3 Å². The van der Waals surface area contributed by atoms with Gasteiger partial charge in [-0.05, 0) is 43.7 Å². The Bertz CT molecular complexity index is 1300. The quantitative estimate of drug-likeness (QED) is 0.411. The first-order chi connectivity index (χ1) is 18.6. The number of carbonyl (C=O) groups excluding carboxylic acids is 1. The maximum atomic E-state index is 11.9. The number of morpholine rings is 1. The summed E-state index contributed by atoms with van der Waals surface area (Å²) in [6.07, 6.45) is 7.05. The lowest BCUT2D eigenvalue weighted by Crippen LogP contribution is -2.40. The number of nitriles is 1. The van der Waals surface area contributed by atoms with Crippen molar-refractivity contribution in [2.75, 3.05) is 38.2 Å². The molecule has 11 heteroatoms. The van der Waals surface area contributed by atoms with Gasteiger partial charge in [0.05, 0.1) is 53.8 Å². The molecule has 0 aliphatic carbocycles. The van der Waals surface area contributed by atoms with Crippen molar-refractivity contribution < 1.29 is 9.53 Å². The molecule has 3 aromatic heterocycles. The fourth-order valence-electron chi connectivity index (χ4n) is 4.82. The molecule has 38 heavy (non-hydrogen) atoms. The van der Waals surface area contributed by atoms with E-state index in [0.29, 0.717) is 28.5 Å². The second-order valence-corrected chi connectivity index (χ2v) is 9.47. The van der Waals surface area contributed by atoms with E-state index < -0.39 is 0 Å². The van der Waals surface area contributed by atoms with Crippen molar-refractivity contribution in [1.82, 2.24) is 35.5 Å². The highest BCUT2D eigenvalue weighted by Crippen LogP contribution is 2.27. The summed E-state index contributed by atoms with van der Waals surface area (Å²) in [5, 5.41) is 19.5. The number of amides is 1. The lowest BCUT2D eigenvalue weighted by atomic mass is 9.97. The molecule has 2 saturated heterocycles. The molecule has 1 amide bonds. The molecule has 5 heterocycles. The molecule has 0 radical (unpaired) electrons. The molecule has 0 spiro atoms. The van der Waals surface area contributed by atoms with E-state index in [1.54, 1.807) is 30.7 Å². The van der Waals surface area contributed by atoms with Crippen LogP contribution in [0.25, 0.3) is 11.3 Å². The summed E-state index contributed by atoms with van der Waals surface area (Å²) in [4.78, 5) is 32.4. The highest BCUT2D eigenvalue weighted by molar-refractivity contribution is 5.74. The predicted molar refractivity (Wildman–Crippen MR) is 141 cm³/mol. The minimum Gasteiger partial charge on any atom is -0.379 e. The number of aromatic nitrogens is 4. The van der Waals surface area contributed by atoms with Crippen LogP contribution in [0, 0.1) is 11.3 Å². The molecule has 0 aromatic carbocycles. The average molecular weight is 514 g/mol. The summed E-state index contributed by atoms with van der Waals surface area (Å²) in [7, 11) is 0. The van der Waals surface area contributed by atoms with E-state index in [0.717, 1.165) is 63.6 Å². The number of nitrogens with zero attached hydrogens (tertiary/aromatic N) is 6. The van der Waals surface area contributed by atoms with Gasteiger partial charge in [-0.2, -0.15) is 5.26 Å². The van der Waals surface area contributed by atoms with E-state index in [4.69, 9.17) is 4.74 Å². The van der Waals surface area contributed by atoms with E-state index in [9.17, 15) is 10.1 Å². The van der Waals surface area contributed by atoms with Gasteiger partial charge in [0.25, 0.3) is 0 Å². The zero-order valence-corrected chi connectivity index (χ0v) is 21.4. The number of nitrogens with one attached hydrogen (secondary N) is 3. The standard InChI is InChI=1S/C27H31N9O2/c1-18(37)33-26(24-3-2-7-29-24)25-19(14-28)13-20(15-32-25)23-6-8-30-27(35-23)34-21-4-5-22(31-16-21)17-36-9-11-38-12-10-36/h4-6,8,13,15-16,24,26,29H,2-3,7,9-12,17H2,1H3,(H,33,37)(H,30,34,35). The fraction of sp³-hybridized carbons (Fsp3) is 0.407. The molecular formula is C27H31N9O2. The van der Waals surface area contributed by atoms with Gasteiger partial charge in [-0.3, -0.25) is 19.7 Å². The topological polar surface area (TPSA) is 141 Å². The Kier molecular flexibility index (Phi) is 8.13. The Balaban J connectivity index is 1.31. The second-order valence-electron chi connectivity index (χ2n) is 9.47. The molecule has 0 saturated carbocycles. The minimum absolute atomic E-state index is 0.0353. The highest BCUT2D eigenvalue weighted by atomic mass is 16.5. The first-order valence-corrected chi connectivity index (χ1v) is 12.8. The third-order valence-corrected chi connectivity index (χ3v) is 6.71. The smallest absolute Gasteiger partial charge is 0.227 e. The van der Waals surface area contributed by atoms with Crippen molar-refractivity contribution >= 4 is 17.5 Å². The van der Waals surface area contributed by atoms with Crippen LogP contribution in [0.5, 0.6) is 0 Å². The summed E-state index contributed by atoms with van der Waals surface area (Å²) in [5.41, 5.74) is 4.05. The van der Waals surface area contributed by atoms with Crippen LogP contribution < -0.4 is 16.0 Å². The summed E-state index contributed by atoms with van der Waals surface area (Å²) in [6, 6.07) is 9.41. The van der Waals surface area contributed by atoms with Crippen LogP contribution in [0.15, 0.2) is 42.9 Å². The maximum absolute atomic E-state index is 11.9. The van der Waals surface area contributed by atoms with Crippen molar-refractivity contribution in [2.45, 2.75) is 38.4 Å². The number of rotatable bonds is 8. The highest BCUT2D eigenvalue weighted by Gasteiger charge is 2.30. The first-order valence-electron chi connectivity index (χ1n) is 12.8. The summed E-state index contributed by atoms with van der Waals surface area (Å²) in [5.74, 6) is 0.257. The molecule has 196 valence electrons. The van der Waals surface area contributed by atoms with Crippen molar-refractivity contribution in [3.05, 3.63) is 59.8 Å². The molecular weight excluding hydrogens is 482 g/mol. The molecule has 2 unspecified atom stereocenters. The second kappa shape index (κ2) is 12.0. The maximum Gasteiger partial charge on any atom is 0.227 e. The molecule has 3 N–H and O–H groups in total. The molecule has 5 rings (SSSR count). The number of hydrogen-bond donors (Lipinski definition) is 3. The zero-order chi connectivity index (χ0) is 26.3. The Morgan fingerprint density at radius 1 is 1.24 bits per heavy atom. The first kappa shape index (κ1) is 25.7. The molecule has 2 aliphatic rings.